The molecule has 0 amide bonds. The number of aromatic nitrogens is 2. The topological polar surface area (TPSA) is 29.9 Å². The van der Waals surface area contributed by atoms with E-state index in [0.29, 0.717) is 0 Å². The van der Waals surface area contributed by atoms with E-state index >= 15 is 0 Å². The average molecular weight is 336 g/mol. The van der Waals surface area contributed by atoms with E-state index in [1.165, 1.54) is 21.3 Å². The molecular weight excluding hydrogens is 314 g/mol. The van der Waals surface area contributed by atoms with Crippen LogP contribution in [0.2, 0.25) is 0 Å². The summed E-state index contributed by atoms with van der Waals surface area (Å²) < 4.78 is 3.28. The third-order valence-electron chi connectivity index (χ3n) is 3.64. The van der Waals surface area contributed by atoms with Gasteiger partial charge in [-0.15, -0.1) is 0 Å². The Morgan fingerprint density at radius 2 is 2.10 bits per heavy atom. The first-order valence-corrected chi connectivity index (χ1v) is 7.81. The van der Waals surface area contributed by atoms with Crippen LogP contribution in [0, 0.1) is 13.8 Å². The summed E-state index contributed by atoms with van der Waals surface area (Å²) >= 11 is 3.71. The molecule has 2 aromatic rings. The fourth-order valence-electron chi connectivity index (χ4n) is 2.55. The molecule has 2 rings (SSSR count). The van der Waals surface area contributed by atoms with Crippen LogP contribution in [0.25, 0.3) is 0 Å². The molecule has 4 heteroatoms. The third-order valence-corrected chi connectivity index (χ3v) is 4.73. The average Bonchev–Trinajstić information content (AvgIpc) is 2.79. The van der Waals surface area contributed by atoms with Crippen molar-refractivity contribution in [3.63, 3.8) is 0 Å². The molecule has 0 aliphatic carbocycles. The highest BCUT2D eigenvalue weighted by Crippen LogP contribution is 2.28. The van der Waals surface area contributed by atoms with Gasteiger partial charge in [-0.3, -0.25) is 4.68 Å². The molecule has 3 nitrogen and oxygen atoms in total. The zero-order valence-electron chi connectivity index (χ0n) is 12.6. The van der Waals surface area contributed by atoms with Gasteiger partial charge in [0, 0.05) is 29.2 Å². The van der Waals surface area contributed by atoms with Gasteiger partial charge < -0.3 is 5.32 Å². The van der Waals surface area contributed by atoms with Gasteiger partial charge in [-0.2, -0.15) is 5.10 Å². The van der Waals surface area contributed by atoms with Crippen LogP contribution in [0.15, 0.2) is 28.7 Å². The van der Waals surface area contributed by atoms with E-state index < -0.39 is 0 Å². The third kappa shape index (κ3) is 3.13. The molecule has 0 spiro atoms. The number of likely N-dealkylation sites (N-methyl/N-ethyl adjacent to an activating group) is 1. The van der Waals surface area contributed by atoms with Crippen molar-refractivity contribution in [1.82, 2.24) is 15.1 Å². The minimum absolute atomic E-state index is 0.283. The van der Waals surface area contributed by atoms with Gasteiger partial charge in [0.15, 0.2) is 0 Å². The van der Waals surface area contributed by atoms with Gasteiger partial charge in [-0.05, 0) is 45.0 Å². The van der Waals surface area contributed by atoms with Gasteiger partial charge in [0.2, 0.25) is 0 Å². The highest BCUT2D eigenvalue weighted by Gasteiger charge is 2.16. The van der Waals surface area contributed by atoms with E-state index in [1.807, 2.05) is 14.0 Å². The lowest BCUT2D eigenvalue weighted by Gasteiger charge is -2.19. The summed E-state index contributed by atoms with van der Waals surface area (Å²) in [6.07, 6.45) is 0.938. The highest BCUT2D eigenvalue weighted by atomic mass is 79.9. The predicted octanol–water partition coefficient (Wildman–Crippen LogP) is 3.79. The lowest BCUT2D eigenvalue weighted by Crippen LogP contribution is -2.21. The van der Waals surface area contributed by atoms with E-state index in [2.05, 4.69) is 69.1 Å². The molecule has 0 aliphatic heterocycles. The first-order valence-electron chi connectivity index (χ1n) is 7.02. The molecule has 1 aromatic carbocycles. The van der Waals surface area contributed by atoms with Crippen molar-refractivity contribution in [2.75, 3.05) is 7.05 Å². The zero-order valence-corrected chi connectivity index (χ0v) is 14.2. The Kier molecular flexibility index (Phi) is 5.00. The van der Waals surface area contributed by atoms with Gasteiger partial charge in [0.1, 0.15) is 0 Å². The van der Waals surface area contributed by atoms with Crippen molar-refractivity contribution in [2.45, 2.75) is 39.8 Å². The molecule has 0 bridgehead atoms. The first kappa shape index (κ1) is 15.3. The van der Waals surface area contributed by atoms with Gasteiger partial charge in [-0.1, -0.05) is 34.1 Å². The van der Waals surface area contributed by atoms with Crippen LogP contribution >= 0.6 is 15.9 Å². The molecule has 0 radical (unpaired) electrons. The summed E-state index contributed by atoms with van der Waals surface area (Å²) in [5.41, 5.74) is 4.93. The summed E-state index contributed by atoms with van der Waals surface area (Å²) in [5, 5.41) is 7.95. The van der Waals surface area contributed by atoms with E-state index in [4.69, 9.17) is 0 Å². The molecule has 1 N–H and O–H groups in total. The molecule has 0 aliphatic rings. The summed E-state index contributed by atoms with van der Waals surface area (Å²) in [7, 11) is 2.01. The van der Waals surface area contributed by atoms with Crippen LogP contribution in [0.1, 0.15) is 35.5 Å². The summed E-state index contributed by atoms with van der Waals surface area (Å²) in [6, 6.07) is 8.88. The number of halogens is 1. The molecule has 0 fully saturated rings. The number of rotatable bonds is 5. The number of benzene rings is 1. The van der Waals surface area contributed by atoms with Gasteiger partial charge in [0.05, 0.1) is 5.69 Å². The predicted molar refractivity (Wildman–Crippen MR) is 87.0 cm³/mol. The van der Waals surface area contributed by atoms with Crippen molar-refractivity contribution >= 4 is 15.9 Å². The number of nitrogens with zero attached hydrogens (tertiary/aromatic N) is 2. The summed E-state index contributed by atoms with van der Waals surface area (Å²) in [6.45, 7) is 7.22. The lowest BCUT2D eigenvalue weighted by molar-refractivity contribution is 0.539. The van der Waals surface area contributed by atoms with Crippen LogP contribution in [0.5, 0.6) is 0 Å². The molecule has 0 saturated heterocycles. The Labute approximate surface area is 129 Å². The van der Waals surface area contributed by atoms with Crippen LogP contribution in [0.4, 0.5) is 0 Å². The van der Waals surface area contributed by atoms with E-state index in [-0.39, 0.29) is 6.04 Å². The van der Waals surface area contributed by atoms with E-state index in [0.717, 1.165) is 18.7 Å². The maximum Gasteiger partial charge on any atom is 0.0596 e. The fourth-order valence-corrected chi connectivity index (χ4v) is 3.09. The van der Waals surface area contributed by atoms with Crippen LogP contribution < -0.4 is 5.32 Å². The highest BCUT2D eigenvalue weighted by molar-refractivity contribution is 9.10. The Balaban J connectivity index is 2.31. The zero-order chi connectivity index (χ0) is 14.7. The Hall–Kier alpha value is -1.13. The second-order valence-corrected chi connectivity index (χ2v) is 5.91. The fraction of sp³-hybridized carbons (Fsp3) is 0.438. The lowest BCUT2D eigenvalue weighted by atomic mass is 10.00. The van der Waals surface area contributed by atoms with Crippen molar-refractivity contribution in [2.24, 2.45) is 0 Å². The van der Waals surface area contributed by atoms with Crippen LogP contribution in [-0.2, 0) is 13.0 Å². The molecule has 108 valence electrons. The van der Waals surface area contributed by atoms with Gasteiger partial charge in [-0.25, -0.2) is 0 Å². The largest absolute Gasteiger partial charge is 0.313 e. The van der Waals surface area contributed by atoms with Crippen molar-refractivity contribution in [3.05, 3.63) is 51.3 Å². The second-order valence-electron chi connectivity index (χ2n) is 5.12. The molecule has 20 heavy (non-hydrogen) atoms. The first-order chi connectivity index (χ1) is 9.56. The minimum atomic E-state index is 0.283. The molecular formula is C16H22BrN3. The Morgan fingerprint density at radius 3 is 2.75 bits per heavy atom. The normalized spacial score (nSPS) is 12.7. The monoisotopic (exact) mass is 335 g/mol. The minimum Gasteiger partial charge on any atom is -0.313 e. The quantitative estimate of drug-likeness (QED) is 0.900. The Bertz CT molecular complexity index is 589. The molecule has 1 atom stereocenters. The smallest absolute Gasteiger partial charge is 0.0596 e. The number of hydrogen-bond donors (Lipinski definition) is 1. The number of hydrogen-bond acceptors (Lipinski definition) is 2. The number of nitrogens with one attached hydrogen (secondary N) is 1. The maximum atomic E-state index is 4.53. The molecule has 0 saturated carbocycles. The number of aryl methyl sites for hydroxylation is 3. The van der Waals surface area contributed by atoms with E-state index in [9.17, 15) is 0 Å². The summed E-state index contributed by atoms with van der Waals surface area (Å²) in [5.74, 6) is 0. The SMILES string of the molecule is CCn1nc(C)cc1CC(NC)c1cccc(C)c1Br. The van der Waals surface area contributed by atoms with E-state index in [1.54, 1.807) is 0 Å². The molecule has 1 aromatic heterocycles. The second kappa shape index (κ2) is 6.55. The Morgan fingerprint density at radius 1 is 1.35 bits per heavy atom. The maximum absolute atomic E-state index is 4.53. The van der Waals surface area contributed by atoms with Crippen molar-refractivity contribution < 1.29 is 0 Å². The standard InChI is InChI=1S/C16H22BrN3/c1-5-20-13(9-12(3)19-20)10-15(18-4)14-8-6-7-11(2)16(14)17/h6-9,15,18H,5,10H2,1-4H3. The van der Waals surface area contributed by atoms with Crippen LogP contribution in [-0.4, -0.2) is 16.8 Å². The van der Waals surface area contributed by atoms with Crippen molar-refractivity contribution in [1.29, 1.82) is 0 Å². The van der Waals surface area contributed by atoms with Crippen molar-refractivity contribution in [3.8, 4) is 0 Å². The summed E-state index contributed by atoms with van der Waals surface area (Å²) in [4.78, 5) is 0. The van der Waals surface area contributed by atoms with Gasteiger partial charge >= 0.3 is 0 Å². The van der Waals surface area contributed by atoms with Gasteiger partial charge in [0.25, 0.3) is 0 Å². The molecule has 1 heterocycles. The van der Waals surface area contributed by atoms with Crippen LogP contribution in [0.3, 0.4) is 0 Å². The molecule has 1 unspecified atom stereocenters.